The van der Waals surface area contributed by atoms with Gasteiger partial charge >= 0.3 is 12.4 Å². The molecule has 0 spiro atoms. The van der Waals surface area contributed by atoms with Crippen LogP contribution in [0, 0.1) is 0 Å². The molecule has 0 saturated carbocycles. The Balaban J connectivity index is 1.41. The molecule has 0 unspecified atom stereocenters. The van der Waals surface area contributed by atoms with Gasteiger partial charge in [-0.05, 0) is 42.5 Å². The zero-order valence-electron chi connectivity index (χ0n) is 17.1. The van der Waals surface area contributed by atoms with E-state index in [1.54, 1.807) is 24.3 Å². The predicted molar refractivity (Wildman–Crippen MR) is 108 cm³/mol. The van der Waals surface area contributed by atoms with Crippen LogP contribution in [0.15, 0.2) is 52.9 Å². The van der Waals surface area contributed by atoms with E-state index < -0.39 is 18.2 Å². The zero-order chi connectivity index (χ0) is 23.6. The molecule has 1 N–H and O–H groups in total. The number of nitrogens with one attached hydrogen (secondary N) is 1. The van der Waals surface area contributed by atoms with E-state index in [1.807, 2.05) is 0 Å². The van der Waals surface area contributed by atoms with Crippen LogP contribution in [0.3, 0.4) is 0 Å². The van der Waals surface area contributed by atoms with Crippen molar-refractivity contribution in [3.63, 3.8) is 0 Å². The molecule has 0 radical (unpaired) electrons. The molecule has 9 nitrogen and oxygen atoms in total. The Hall–Kier alpha value is -4.09. The van der Waals surface area contributed by atoms with E-state index in [9.17, 15) is 22.8 Å². The number of carbonyl (C=O) groups is 2. The lowest BCUT2D eigenvalue weighted by molar-refractivity contribution is -0.274. The summed E-state index contributed by atoms with van der Waals surface area (Å²) in [6, 6.07) is 11.3. The molecule has 0 aliphatic carbocycles. The van der Waals surface area contributed by atoms with Crippen LogP contribution >= 0.6 is 0 Å². The van der Waals surface area contributed by atoms with Gasteiger partial charge in [0.25, 0.3) is 5.91 Å². The van der Waals surface area contributed by atoms with Crippen LogP contribution in [0.5, 0.6) is 11.5 Å². The smallest absolute Gasteiger partial charge is 0.497 e. The Kier molecular flexibility index (Phi) is 5.90. The fourth-order valence-electron chi connectivity index (χ4n) is 3.33. The van der Waals surface area contributed by atoms with Gasteiger partial charge < -0.3 is 18.8 Å². The molecule has 1 aliphatic heterocycles. The van der Waals surface area contributed by atoms with Crippen LogP contribution in [-0.4, -0.2) is 42.0 Å². The van der Waals surface area contributed by atoms with Gasteiger partial charge in [-0.1, -0.05) is 11.2 Å². The van der Waals surface area contributed by atoms with Crippen molar-refractivity contribution in [2.45, 2.75) is 18.7 Å². The summed E-state index contributed by atoms with van der Waals surface area (Å²) >= 11 is 0. The lowest BCUT2D eigenvalue weighted by Crippen LogP contribution is -2.24. The third-order valence-corrected chi connectivity index (χ3v) is 4.85. The molecule has 2 amide bonds. The van der Waals surface area contributed by atoms with Gasteiger partial charge in [-0.3, -0.25) is 14.9 Å². The van der Waals surface area contributed by atoms with E-state index in [0.717, 1.165) is 12.1 Å². The van der Waals surface area contributed by atoms with Crippen molar-refractivity contribution < 1.29 is 36.7 Å². The Morgan fingerprint density at radius 3 is 2.61 bits per heavy atom. The molecule has 2 aromatic carbocycles. The number of hydrogen-bond acceptors (Lipinski definition) is 7. The van der Waals surface area contributed by atoms with Gasteiger partial charge in [0.15, 0.2) is 0 Å². The van der Waals surface area contributed by atoms with Crippen LogP contribution in [0.1, 0.15) is 28.6 Å². The number of aromatic nitrogens is 2. The Labute approximate surface area is 185 Å². The molecule has 172 valence electrons. The predicted octanol–water partition coefficient (Wildman–Crippen LogP) is 3.75. The molecule has 1 fully saturated rings. The Morgan fingerprint density at radius 1 is 1.15 bits per heavy atom. The molecule has 3 aromatic rings. The Morgan fingerprint density at radius 2 is 1.91 bits per heavy atom. The topological polar surface area (TPSA) is 107 Å². The van der Waals surface area contributed by atoms with Gasteiger partial charge in [0.05, 0.1) is 13.0 Å². The average molecular weight is 462 g/mol. The van der Waals surface area contributed by atoms with Crippen LogP contribution < -0.4 is 19.7 Å². The highest BCUT2D eigenvalue weighted by Gasteiger charge is 2.35. The monoisotopic (exact) mass is 462 g/mol. The number of amides is 2. The molecule has 1 aliphatic rings. The van der Waals surface area contributed by atoms with Crippen molar-refractivity contribution in [1.82, 2.24) is 10.2 Å². The number of rotatable bonds is 6. The number of halogens is 3. The van der Waals surface area contributed by atoms with Gasteiger partial charge in [-0.2, -0.15) is 0 Å². The molecular formula is C21H17F3N4O5. The first-order valence-corrected chi connectivity index (χ1v) is 9.67. The van der Waals surface area contributed by atoms with Crippen molar-refractivity contribution in [3.8, 4) is 11.5 Å². The third kappa shape index (κ3) is 5.22. The number of anilines is 2. The van der Waals surface area contributed by atoms with Crippen molar-refractivity contribution >= 4 is 23.5 Å². The normalized spacial score (nSPS) is 16.1. The van der Waals surface area contributed by atoms with Crippen molar-refractivity contribution in [1.29, 1.82) is 0 Å². The summed E-state index contributed by atoms with van der Waals surface area (Å²) < 4.78 is 51.4. The number of hydrogen-bond donors (Lipinski definition) is 1. The lowest BCUT2D eigenvalue weighted by Gasteiger charge is -2.17. The summed E-state index contributed by atoms with van der Waals surface area (Å²) in [5.74, 6) is -0.902. The molecule has 2 heterocycles. The van der Waals surface area contributed by atoms with Crippen molar-refractivity contribution in [2.75, 3.05) is 23.9 Å². The van der Waals surface area contributed by atoms with Gasteiger partial charge in [0, 0.05) is 24.2 Å². The first-order chi connectivity index (χ1) is 15.7. The number of alkyl halides is 3. The second kappa shape index (κ2) is 8.81. The third-order valence-electron chi connectivity index (χ3n) is 4.85. The molecule has 12 heteroatoms. The molecule has 33 heavy (non-hydrogen) atoms. The van der Waals surface area contributed by atoms with Crippen molar-refractivity contribution in [2.24, 2.45) is 0 Å². The van der Waals surface area contributed by atoms with Gasteiger partial charge in [0.2, 0.25) is 11.8 Å². The minimum absolute atomic E-state index is 0.0618. The zero-order valence-corrected chi connectivity index (χ0v) is 17.1. The van der Waals surface area contributed by atoms with Crippen LogP contribution in [0.25, 0.3) is 0 Å². The minimum atomic E-state index is -4.80. The number of carbonyl (C=O) groups excluding carboxylic acids is 2. The average Bonchev–Trinajstić information content (AvgIpc) is 3.40. The second-order valence-electron chi connectivity index (χ2n) is 7.08. The second-order valence-corrected chi connectivity index (χ2v) is 7.08. The first-order valence-electron chi connectivity index (χ1n) is 9.67. The molecule has 1 atom stereocenters. The highest BCUT2D eigenvalue weighted by atomic mass is 19.4. The van der Waals surface area contributed by atoms with Crippen LogP contribution in [0.4, 0.5) is 24.9 Å². The maximum absolute atomic E-state index is 12.4. The summed E-state index contributed by atoms with van der Waals surface area (Å²) in [5, 5.41) is 10.2. The fraction of sp³-hybridized carbons (Fsp3) is 0.238. The molecule has 0 bridgehead atoms. The Bertz CT molecular complexity index is 1160. The first kappa shape index (κ1) is 22.1. The summed E-state index contributed by atoms with van der Waals surface area (Å²) in [4.78, 5) is 26.2. The van der Waals surface area contributed by atoms with Crippen LogP contribution in [0.2, 0.25) is 0 Å². The highest BCUT2D eigenvalue weighted by Crippen LogP contribution is 2.33. The molecule has 4 rings (SSSR count). The van der Waals surface area contributed by atoms with E-state index >= 15 is 0 Å². The number of benzene rings is 2. The van der Waals surface area contributed by atoms with Gasteiger partial charge in [0.1, 0.15) is 11.5 Å². The standard InChI is InChI=1S/C21H17F3N4O5/c1-31-16-4-2-3-12(9-16)18(30)25-20-27-26-19(32-20)13-10-17(29)28(11-13)14-5-7-15(8-6-14)33-21(22,23)24/h2-9,13H,10-11H2,1H3,(H,25,27,30)/t13-/m0/s1. The van der Waals surface area contributed by atoms with Crippen LogP contribution in [-0.2, 0) is 4.79 Å². The van der Waals surface area contributed by atoms with E-state index in [1.165, 1.54) is 24.1 Å². The summed E-state index contributed by atoms with van der Waals surface area (Å²) in [7, 11) is 1.48. The van der Waals surface area contributed by atoms with Gasteiger partial charge in [-0.15, -0.1) is 18.3 Å². The van der Waals surface area contributed by atoms with Gasteiger partial charge in [-0.25, -0.2) is 0 Å². The quantitative estimate of drug-likeness (QED) is 0.595. The maximum atomic E-state index is 12.4. The highest BCUT2D eigenvalue weighted by molar-refractivity contribution is 6.03. The SMILES string of the molecule is COc1cccc(C(=O)Nc2nnc([C@H]3CC(=O)N(c4ccc(OC(F)(F)F)cc4)C3)o2)c1. The number of nitrogens with zero attached hydrogens (tertiary/aromatic N) is 3. The maximum Gasteiger partial charge on any atom is 0.573 e. The molecule has 1 aromatic heterocycles. The summed E-state index contributed by atoms with van der Waals surface area (Å²) in [5.41, 5.74) is 0.734. The summed E-state index contributed by atoms with van der Waals surface area (Å²) in [6.07, 6.45) is -4.74. The molecular weight excluding hydrogens is 445 g/mol. The van der Waals surface area contributed by atoms with E-state index in [4.69, 9.17) is 9.15 Å². The van der Waals surface area contributed by atoms with E-state index in [0.29, 0.717) is 17.0 Å². The largest absolute Gasteiger partial charge is 0.573 e. The lowest BCUT2D eigenvalue weighted by atomic mass is 10.1. The van der Waals surface area contributed by atoms with E-state index in [2.05, 4.69) is 20.3 Å². The molecule has 1 saturated heterocycles. The fourth-order valence-corrected chi connectivity index (χ4v) is 3.33. The summed E-state index contributed by atoms with van der Waals surface area (Å²) in [6.45, 7) is 0.184. The van der Waals surface area contributed by atoms with Crippen molar-refractivity contribution in [3.05, 3.63) is 60.0 Å². The minimum Gasteiger partial charge on any atom is -0.497 e. The number of methoxy groups -OCH3 is 1. The van der Waals surface area contributed by atoms with E-state index in [-0.39, 0.29) is 36.5 Å². The number of ether oxygens (including phenoxy) is 2.